The molecule has 1 aromatic carbocycles. The Labute approximate surface area is 121 Å². The summed E-state index contributed by atoms with van der Waals surface area (Å²) in [6, 6.07) is 3.59. The lowest BCUT2D eigenvalue weighted by Gasteiger charge is -2.07. The molecular formula is C12H13Cl3N2O. The van der Waals surface area contributed by atoms with Gasteiger partial charge in [-0.3, -0.25) is 0 Å². The van der Waals surface area contributed by atoms with E-state index in [4.69, 9.17) is 39.5 Å². The van der Waals surface area contributed by atoms with Gasteiger partial charge in [-0.15, -0.1) is 11.6 Å². The van der Waals surface area contributed by atoms with E-state index in [2.05, 4.69) is 9.55 Å². The molecule has 3 nitrogen and oxygen atoms in total. The zero-order chi connectivity index (χ0) is 13.1. The van der Waals surface area contributed by atoms with E-state index < -0.39 is 0 Å². The fraction of sp³-hybridized carbons (Fsp3) is 0.417. The first kappa shape index (κ1) is 13.9. The number of imidazole rings is 1. The van der Waals surface area contributed by atoms with E-state index in [0.717, 1.165) is 29.8 Å². The van der Waals surface area contributed by atoms with Gasteiger partial charge in [-0.1, -0.05) is 23.2 Å². The number of methoxy groups -OCH3 is 1. The molecular weight excluding hydrogens is 295 g/mol. The Morgan fingerprint density at radius 1 is 1.28 bits per heavy atom. The van der Waals surface area contributed by atoms with Gasteiger partial charge in [0.05, 0.1) is 27.0 Å². The summed E-state index contributed by atoms with van der Waals surface area (Å²) >= 11 is 17.9. The average Bonchev–Trinajstić information content (AvgIpc) is 2.68. The molecule has 0 unspecified atom stereocenters. The van der Waals surface area contributed by atoms with Crippen LogP contribution in [0.3, 0.4) is 0 Å². The van der Waals surface area contributed by atoms with Gasteiger partial charge in [0.25, 0.3) is 0 Å². The molecule has 6 heteroatoms. The van der Waals surface area contributed by atoms with Gasteiger partial charge in [-0.2, -0.15) is 0 Å². The highest BCUT2D eigenvalue weighted by molar-refractivity contribution is 6.42. The number of halogens is 3. The second-order valence-electron chi connectivity index (χ2n) is 3.91. The Kier molecular flexibility index (Phi) is 4.73. The Morgan fingerprint density at radius 3 is 2.67 bits per heavy atom. The van der Waals surface area contributed by atoms with E-state index >= 15 is 0 Å². The zero-order valence-electron chi connectivity index (χ0n) is 9.92. The summed E-state index contributed by atoms with van der Waals surface area (Å²) in [6.07, 6.45) is 0.895. The molecule has 1 heterocycles. The van der Waals surface area contributed by atoms with Gasteiger partial charge < -0.3 is 9.30 Å². The molecule has 0 radical (unpaired) electrons. The second kappa shape index (κ2) is 6.11. The molecule has 0 aliphatic carbocycles. The van der Waals surface area contributed by atoms with Gasteiger partial charge in [0, 0.05) is 20.3 Å². The largest absolute Gasteiger partial charge is 0.385 e. The molecule has 0 aliphatic rings. The summed E-state index contributed by atoms with van der Waals surface area (Å²) in [4.78, 5) is 4.46. The molecule has 2 rings (SSSR count). The summed E-state index contributed by atoms with van der Waals surface area (Å²) in [5.74, 6) is 1.18. The summed E-state index contributed by atoms with van der Waals surface area (Å²) in [7, 11) is 1.69. The van der Waals surface area contributed by atoms with E-state index in [1.165, 1.54) is 0 Å². The smallest absolute Gasteiger partial charge is 0.124 e. The number of fused-ring (bicyclic) bond motifs is 1. The lowest BCUT2D eigenvalue weighted by Crippen LogP contribution is -2.04. The Balaban J connectivity index is 2.44. The number of benzene rings is 1. The predicted molar refractivity (Wildman–Crippen MR) is 75.8 cm³/mol. The fourth-order valence-electron chi connectivity index (χ4n) is 1.89. The van der Waals surface area contributed by atoms with Crippen molar-refractivity contribution in [3.05, 3.63) is 28.0 Å². The van der Waals surface area contributed by atoms with Gasteiger partial charge in [0.2, 0.25) is 0 Å². The maximum Gasteiger partial charge on any atom is 0.124 e. The second-order valence-corrected chi connectivity index (χ2v) is 5.00. The van der Waals surface area contributed by atoms with Crippen LogP contribution in [0.1, 0.15) is 12.2 Å². The molecule has 0 N–H and O–H groups in total. The fourth-order valence-corrected chi connectivity index (χ4v) is 2.41. The summed E-state index contributed by atoms with van der Waals surface area (Å²) in [5.41, 5.74) is 1.77. The van der Waals surface area contributed by atoms with Crippen molar-refractivity contribution in [2.75, 3.05) is 13.7 Å². The number of hydrogen-bond donors (Lipinski definition) is 0. The number of alkyl halides is 1. The van der Waals surface area contributed by atoms with Crippen molar-refractivity contribution in [3.8, 4) is 0 Å². The third-order valence-corrected chi connectivity index (χ3v) is 3.68. The van der Waals surface area contributed by atoms with Crippen LogP contribution < -0.4 is 0 Å². The first-order chi connectivity index (χ1) is 8.67. The van der Waals surface area contributed by atoms with Crippen LogP contribution in [-0.2, 0) is 17.2 Å². The highest BCUT2D eigenvalue weighted by Gasteiger charge is 2.12. The predicted octanol–water partition coefficient (Wildman–Crippen LogP) is 4.12. The van der Waals surface area contributed by atoms with E-state index in [1.807, 2.05) is 6.07 Å². The molecule has 0 bridgehead atoms. The van der Waals surface area contributed by atoms with Crippen LogP contribution in [0.2, 0.25) is 10.0 Å². The van der Waals surface area contributed by atoms with Crippen LogP contribution >= 0.6 is 34.8 Å². The first-order valence-electron chi connectivity index (χ1n) is 5.56. The van der Waals surface area contributed by atoms with Crippen LogP contribution in [0.25, 0.3) is 11.0 Å². The quantitative estimate of drug-likeness (QED) is 0.614. The van der Waals surface area contributed by atoms with Crippen LogP contribution in [-0.4, -0.2) is 23.3 Å². The van der Waals surface area contributed by atoms with Gasteiger partial charge in [-0.25, -0.2) is 4.98 Å². The van der Waals surface area contributed by atoms with Gasteiger partial charge in [0.15, 0.2) is 0 Å². The van der Waals surface area contributed by atoms with E-state index in [0.29, 0.717) is 22.5 Å². The van der Waals surface area contributed by atoms with Crippen molar-refractivity contribution in [2.45, 2.75) is 18.8 Å². The monoisotopic (exact) mass is 306 g/mol. The molecule has 0 saturated carbocycles. The Bertz CT molecular complexity index is 554. The third kappa shape index (κ3) is 2.75. The van der Waals surface area contributed by atoms with Crippen molar-refractivity contribution in [3.63, 3.8) is 0 Å². The van der Waals surface area contributed by atoms with Crippen LogP contribution in [0.4, 0.5) is 0 Å². The van der Waals surface area contributed by atoms with Crippen molar-refractivity contribution in [1.29, 1.82) is 0 Å². The third-order valence-electron chi connectivity index (χ3n) is 2.72. The minimum Gasteiger partial charge on any atom is -0.385 e. The van der Waals surface area contributed by atoms with E-state index in [9.17, 15) is 0 Å². The van der Waals surface area contributed by atoms with Gasteiger partial charge in [-0.05, 0) is 18.6 Å². The summed E-state index contributed by atoms with van der Waals surface area (Å²) < 4.78 is 7.11. The first-order valence-corrected chi connectivity index (χ1v) is 6.85. The Hall–Kier alpha value is -0.480. The minimum atomic E-state index is 0.358. The number of rotatable bonds is 5. The van der Waals surface area contributed by atoms with Crippen molar-refractivity contribution in [2.24, 2.45) is 0 Å². The molecule has 0 spiro atoms. The molecule has 0 fully saturated rings. The molecule has 0 amide bonds. The molecule has 98 valence electrons. The average molecular weight is 308 g/mol. The van der Waals surface area contributed by atoms with E-state index in [1.54, 1.807) is 13.2 Å². The lowest BCUT2D eigenvalue weighted by atomic mass is 10.3. The molecule has 0 aliphatic heterocycles. The van der Waals surface area contributed by atoms with Gasteiger partial charge >= 0.3 is 0 Å². The van der Waals surface area contributed by atoms with E-state index in [-0.39, 0.29) is 0 Å². The molecule has 18 heavy (non-hydrogen) atoms. The number of hydrogen-bond acceptors (Lipinski definition) is 2. The zero-order valence-corrected chi connectivity index (χ0v) is 12.2. The SMILES string of the molecule is COCCCn1c(CCl)nc2cc(Cl)c(Cl)cc21. The number of aryl methyl sites for hydroxylation is 1. The van der Waals surface area contributed by atoms with Crippen molar-refractivity contribution in [1.82, 2.24) is 9.55 Å². The summed E-state index contributed by atoms with van der Waals surface area (Å²) in [6.45, 7) is 1.49. The highest BCUT2D eigenvalue weighted by Crippen LogP contribution is 2.28. The maximum absolute atomic E-state index is 6.04. The topological polar surface area (TPSA) is 27.1 Å². The molecule has 1 aromatic heterocycles. The number of ether oxygens (including phenoxy) is 1. The molecule has 0 saturated heterocycles. The maximum atomic E-state index is 6.04. The Morgan fingerprint density at radius 2 is 2.00 bits per heavy atom. The lowest BCUT2D eigenvalue weighted by molar-refractivity contribution is 0.190. The van der Waals surface area contributed by atoms with Crippen molar-refractivity contribution < 1.29 is 4.74 Å². The highest BCUT2D eigenvalue weighted by atomic mass is 35.5. The van der Waals surface area contributed by atoms with Crippen LogP contribution in [0.5, 0.6) is 0 Å². The number of nitrogens with zero attached hydrogens (tertiary/aromatic N) is 2. The van der Waals surface area contributed by atoms with Crippen LogP contribution in [0.15, 0.2) is 12.1 Å². The summed E-state index contributed by atoms with van der Waals surface area (Å²) in [5, 5.41) is 1.03. The standard InChI is InChI=1S/C12H13Cl3N2O/c1-18-4-2-3-17-11-6-9(15)8(14)5-10(11)16-12(17)7-13/h5-6H,2-4,7H2,1H3. The molecule has 2 aromatic rings. The minimum absolute atomic E-state index is 0.358. The normalized spacial score (nSPS) is 11.3. The van der Waals surface area contributed by atoms with Gasteiger partial charge in [0.1, 0.15) is 5.82 Å². The van der Waals surface area contributed by atoms with Crippen molar-refractivity contribution >= 4 is 45.8 Å². The molecule has 0 atom stereocenters. The number of aromatic nitrogens is 2. The van der Waals surface area contributed by atoms with Crippen LogP contribution in [0, 0.1) is 0 Å².